The summed E-state index contributed by atoms with van der Waals surface area (Å²) in [6, 6.07) is 16.4. The number of anilines is 1. The molecule has 0 saturated carbocycles. The van der Waals surface area contributed by atoms with Crippen molar-refractivity contribution < 1.29 is 17.9 Å². The van der Waals surface area contributed by atoms with Crippen LogP contribution in [0, 0.1) is 0 Å². The fraction of sp³-hybridized carbons (Fsp3) is 0.174. The molecule has 0 bridgehead atoms. The number of ether oxygens (including phenoxy) is 1. The first-order valence-electron chi connectivity index (χ1n) is 9.60. The second-order valence-electron chi connectivity index (χ2n) is 6.93. The van der Waals surface area contributed by atoms with Crippen LogP contribution in [0.1, 0.15) is 5.56 Å². The van der Waals surface area contributed by atoms with Crippen LogP contribution in [0.15, 0.2) is 73.1 Å². The molecule has 0 radical (unpaired) electrons. The number of hydrogen-bond acceptors (Lipinski definition) is 5. The van der Waals surface area contributed by atoms with Gasteiger partial charge in [-0.2, -0.15) is 13.2 Å². The van der Waals surface area contributed by atoms with Crippen molar-refractivity contribution >= 4 is 16.7 Å². The van der Waals surface area contributed by atoms with Crippen LogP contribution in [0.5, 0.6) is 5.75 Å². The lowest BCUT2D eigenvalue weighted by Crippen LogP contribution is -2.25. The van der Waals surface area contributed by atoms with Crippen molar-refractivity contribution in [2.24, 2.45) is 0 Å². The summed E-state index contributed by atoms with van der Waals surface area (Å²) >= 11 is 0. The normalized spacial score (nSPS) is 11.5. The lowest BCUT2D eigenvalue weighted by atomic mass is 10.1. The topological polar surface area (TPSA) is 51.1 Å². The van der Waals surface area contributed by atoms with Gasteiger partial charge in [0.05, 0.1) is 17.6 Å². The highest BCUT2D eigenvalue weighted by molar-refractivity contribution is 5.91. The molecule has 0 saturated heterocycles. The standard InChI is InChI=1S/C23H19F3N4O/c1-30(12-13-31-18-7-3-2-4-8-18)22-19-10-9-17(23(24,25)26)14-20(19)28-21(29-22)16-6-5-11-27-15-16/h2-11,14-15H,12-13H2,1H3. The molecule has 0 aliphatic heterocycles. The lowest BCUT2D eigenvalue weighted by molar-refractivity contribution is -0.137. The summed E-state index contributed by atoms with van der Waals surface area (Å²) in [5, 5.41) is 0.530. The number of rotatable bonds is 6. The maximum Gasteiger partial charge on any atom is 0.416 e. The number of nitrogens with zero attached hydrogens (tertiary/aromatic N) is 4. The maximum atomic E-state index is 13.2. The first kappa shape index (κ1) is 20.6. The van der Waals surface area contributed by atoms with E-state index in [9.17, 15) is 13.2 Å². The molecule has 158 valence electrons. The first-order chi connectivity index (χ1) is 14.9. The van der Waals surface area contributed by atoms with E-state index in [4.69, 9.17) is 4.74 Å². The van der Waals surface area contributed by atoms with Crippen molar-refractivity contribution in [2.45, 2.75) is 6.18 Å². The van der Waals surface area contributed by atoms with Gasteiger partial charge in [0.1, 0.15) is 18.2 Å². The molecule has 4 aromatic rings. The van der Waals surface area contributed by atoms with E-state index in [1.54, 1.807) is 24.5 Å². The minimum Gasteiger partial charge on any atom is -0.492 e. The molecule has 8 heteroatoms. The molecule has 2 aromatic carbocycles. The second kappa shape index (κ2) is 8.59. The number of para-hydroxylation sites is 1. The molecule has 4 rings (SSSR count). The van der Waals surface area contributed by atoms with Gasteiger partial charge in [-0.25, -0.2) is 9.97 Å². The highest BCUT2D eigenvalue weighted by Gasteiger charge is 2.31. The Labute approximate surface area is 177 Å². The van der Waals surface area contributed by atoms with E-state index >= 15 is 0 Å². The van der Waals surface area contributed by atoms with E-state index in [2.05, 4.69) is 15.0 Å². The molecular formula is C23H19F3N4O. The van der Waals surface area contributed by atoms with Gasteiger partial charge in [0.25, 0.3) is 0 Å². The largest absolute Gasteiger partial charge is 0.492 e. The Morgan fingerprint density at radius 1 is 0.968 bits per heavy atom. The maximum absolute atomic E-state index is 13.2. The van der Waals surface area contributed by atoms with Crippen molar-refractivity contribution in [3.63, 3.8) is 0 Å². The van der Waals surface area contributed by atoms with Crippen LogP contribution in [0.2, 0.25) is 0 Å². The number of likely N-dealkylation sites (N-methyl/N-ethyl adjacent to an activating group) is 1. The fourth-order valence-electron chi connectivity index (χ4n) is 3.13. The van der Waals surface area contributed by atoms with Crippen molar-refractivity contribution in [3.05, 3.63) is 78.6 Å². The number of pyridine rings is 1. The van der Waals surface area contributed by atoms with Crippen molar-refractivity contribution in [2.75, 3.05) is 25.1 Å². The van der Waals surface area contributed by atoms with Gasteiger partial charge in [-0.1, -0.05) is 18.2 Å². The van der Waals surface area contributed by atoms with Crippen LogP contribution in [0.25, 0.3) is 22.3 Å². The number of benzene rings is 2. The first-order valence-corrected chi connectivity index (χ1v) is 9.60. The molecule has 5 nitrogen and oxygen atoms in total. The van der Waals surface area contributed by atoms with Gasteiger partial charge in [0.15, 0.2) is 5.82 Å². The van der Waals surface area contributed by atoms with E-state index in [1.807, 2.05) is 42.3 Å². The molecule has 0 spiro atoms. The van der Waals surface area contributed by atoms with Gasteiger partial charge < -0.3 is 9.64 Å². The molecule has 2 aromatic heterocycles. The van der Waals surface area contributed by atoms with Gasteiger partial charge >= 0.3 is 6.18 Å². The Balaban J connectivity index is 1.69. The van der Waals surface area contributed by atoms with Crippen molar-refractivity contribution in [1.82, 2.24) is 15.0 Å². The van der Waals surface area contributed by atoms with E-state index in [0.29, 0.717) is 35.7 Å². The SMILES string of the molecule is CN(CCOc1ccccc1)c1nc(-c2cccnc2)nc2cc(C(F)(F)F)ccc12. The second-order valence-corrected chi connectivity index (χ2v) is 6.93. The van der Waals surface area contributed by atoms with Crippen LogP contribution >= 0.6 is 0 Å². The van der Waals surface area contributed by atoms with Crippen LogP contribution in [0.3, 0.4) is 0 Å². The predicted octanol–water partition coefficient (Wildman–Crippen LogP) is 5.23. The van der Waals surface area contributed by atoms with E-state index in [0.717, 1.165) is 17.9 Å². The van der Waals surface area contributed by atoms with Crippen LogP contribution < -0.4 is 9.64 Å². The third-order valence-corrected chi connectivity index (χ3v) is 4.72. The highest BCUT2D eigenvalue weighted by atomic mass is 19.4. The van der Waals surface area contributed by atoms with Crippen LogP contribution in [0.4, 0.5) is 19.0 Å². The molecule has 31 heavy (non-hydrogen) atoms. The number of fused-ring (bicyclic) bond motifs is 1. The van der Waals surface area contributed by atoms with Crippen molar-refractivity contribution in [1.29, 1.82) is 0 Å². The van der Waals surface area contributed by atoms with Gasteiger partial charge in [0.2, 0.25) is 0 Å². The fourth-order valence-corrected chi connectivity index (χ4v) is 3.13. The number of alkyl halides is 3. The van der Waals surface area contributed by atoms with E-state index in [1.165, 1.54) is 6.07 Å². The van der Waals surface area contributed by atoms with Crippen molar-refractivity contribution in [3.8, 4) is 17.1 Å². The zero-order chi connectivity index (χ0) is 21.8. The zero-order valence-corrected chi connectivity index (χ0v) is 16.7. The van der Waals surface area contributed by atoms with Crippen LogP contribution in [-0.4, -0.2) is 35.2 Å². The molecular weight excluding hydrogens is 405 g/mol. The average molecular weight is 424 g/mol. The minimum atomic E-state index is -4.46. The molecule has 2 heterocycles. The summed E-state index contributed by atoms with van der Waals surface area (Å²) in [7, 11) is 1.82. The average Bonchev–Trinajstić information content (AvgIpc) is 2.78. The highest BCUT2D eigenvalue weighted by Crippen LogP contribution is 2.34. The Hall–Kier alpha value is -3.68. The molecule has 0 fully saturated rings. The minimum absolute atomic E-state index is 0.217. The van der Waals surface area contributed by atoms with E-state index in [-0.39, 0.29) is 5.52 Å². The van der Waals surface area contributed by atoms with Gasteiger partial charge in [-0.15, -0.1) is 0 Å². The molecule has 0 amide bonds. The molecule has 0 aliphatic rings. The monoisotopic (exact) mass is 424 g/mol. The lowest BCUT2D eigenvalue weighted by Gasteiger charge is -2.21. The summed E-state index contributed by atoms with van der Waals surface area (Å²) in [6.45, 7) is 0.864. The third-order valence-electron chi connectivity index (χ3n) is 4.72. The Bertz CT molecular complexity index is 1170. The summed E-state index contributed by atoms with van der Waals surface area (Å²) in [4.78, 5) is 14.9. The molecule has 0 atom stereocenters. The zero-order valence-electron chi connectivity index (χ0n) is 16.7. The summed E-state index contributed by atoms with van der Waals surface area (Å²) in [6.07, 6.45) is -1.26. The molecule has 0 aliphatic carbocycles. The molecule has 0 N–H and O–H groups in total. The number of aromatic nitrogens is 3. The Morgan fingerprint density at radius 2 is 1.77 bits per heavy atom. The Kier molecular flexibility index (Phi) is 5.70. The number of hydrogen-bond donors (Lipinski definition) is 0. The van der Waals surface area contributed by atoms with Gasteiger partial charge in [-0.05, 0) is 42.5 Å². The van der Waals surface area contributed by atoms with Crippen LogP contribution in [-0.2, 0) is 6.18 Å². The van der Waals surface area contributed by atoms with E-state index < -0.39 is 11.7 Å². The predicted molar refractivity (Wildman–Crippen MR) is 113 cm³/mol. The molecule has 0 unspecified atom stereocenters. The smallest absolute Gasteiger partial charge is 0.416 e. The van der Waals surface area contributed by atoms with Gasteiger partial charge in [0, 0.05) is 30.4 Å². The quantitative estimate of drug-likeness (QED) is 0.425. The third kappa shape index (κ3) is 4.74. The Morgan fingerprint density at radius 3 is 2.48 bits per heavy atom. The summed E-state index contributed by atoms with van der Waals surface area (Å²) in [5.74, 6) is 1.58. The summed E-state index contributed by atoms with van der Waals surface area (Å²) < 4.78 is 45.5. The summed E-state index contributed by atoms with van der Waals surface area (Å²) in [5.41, 5.74) is 0.0864. The number of halogens is 3. The van der Waals surface area contributed by atoms with Gasteiger partial charge in [-0.3, -0.25) is 4.98 Å².